The highest BCUT2D eigenvalue weighted by Crippen LogP contribution is 2.18. The summed E-state index contributed by atoms with van der Waals surface area (Å²) in [5.74, 6) is -0.948. The van der Waals surface area contributed by atoms with Gasteiger partial charge in [0.05, 0.1) is 12.2 Å². The fourth-order valence-corrected chi connectivity index (χ4v) is 1.63. The molecule has 1 heterocycles. The Labute approximate surface area is 106 Å². The molecule has 1 fully saturated rings. The number of hydrogen-bond acceptors (Lipinski definition) is 4. The number of carbonyl (C=O) groups is 2. The highest BCUT2D eigenvalue weighted by molar-refractivity contribution is 5.74. The van der Waals surface area contributed by atoms with Crippen LogP contribution in [0.15, 0.2) is 0 Å². The Balaban J connectivity index is 2.14. The predicted octanol–water partition coefficient (Wildman–Crippen LogP) is -0.0473. The second-order valence-corrected chi connectivity index (χ2v) is 4.30. The average Bonchev–Trinajstić information content (AvgIpc) is 2.82. The van der Waals surface area contributed by atoms with Crippen molar-refractivity contribution in [1.82, 2.24) is 10.6 Å². The lowest BCUT2D eigenvalue weighted by molar-refractivity contribution is -0.149. The first-order valence-electron chi connectivity index (χ1n) is 5.95. The number of aliphatic carboxylic acids is 1. The Morgan fingerprint density at radius 1 is 1.44 bits per heavy atom. The van der Waals surface area contributed by atoms with Crippen LogP contribution in [0.25, 0.3) is 0 Å². The molecule has 0 radical (unpaired) electrons. The SMILES string of the molecule is COC(C)CNC(=O)NCC1CCC(C(=O)O)O1. The van der Waals surface area contributed by atoms with Gasteiger partial charge in [0, 0.05) is 20.2 Å². The van der Waals surface area contributed by atoms with Crippen molar-refractivity contribution in [3.63, 3.8) is 0 Å². The third kappa shape index (κ3) is 4.89. The first kappa shape index (κ1) is 14.7. The van der Waals surface area contributed by atoms with Crippen molar-refractivity contribution in [3.8, 4) is 0 Å². The third-order valence-electron chi connectivity index (χ3n) is 2.83. The maximum atomic E-state index is 11.4. The summed E-state index contributed by atoms with van der Waals surface area (Å²) in [5, 5.41) is 14.0. The molecule has 1 saturated heterocycles. The molecule has 2 amide bonds. The molecular weight excluding hydrogens is 240 g/mol. The fraction of sp³-hybridized carbons (Fsp3) is 0.818. The average molecular weight is 260 g/mol. The van der Waals surface area contributed by atoms with Crippen LogP contribution in [0.3, 0.4) is 0 Å². The molecule has 104 valence electrons. The molecule has 0 aromatic carbocycles. The van der Waals surface area contributed by atoms with E-state index in [0.29, 0.717) is 25.9 Å². The molecule has 0 aromatic rings. The lowest BCUT2D eigenvalue weighted by Crippen LogP contribution is -2.42. The smallest absolute Gasteiger partial charge is 0.332 e. The van der Waals surface area contributed by atoms with E-state index in [-0.39, 0.29) is 18.2 Å². The fourth-order valence-electron chi connectivity index (χ4n) is 1.63. The van der Waals surface area contributed by atoms with E-state index in [9.17, 15) is 9.59 Å². The predicted molar refractivity (Wildman–Crippen MR) is 63.4 cm³/mol. The quantitative estimate of drug-likeness (QED) is 0.622. The summed E-state index contributed by atoms with van der Waals surface area (Å²) >= 11 is 0. The summed E-state index contributed by atoms with van der Waals surface area (Å²) in [6, 6.07) is -0.304. The van der Waals surface area contributed by atoms with E-state index < -0.39 is 12.1 Å². The summed E-state index contributed by atoms with van der Waals surface area (Å²) in [5.41, 5.74) is 0. The number of rotatable bonds is 6. The van der Waals surface area contributed by atoms with Crippen LogP contribution in [-0.4, -0.2) is 55.6 Å². The number of carboxylic acids is 1. The Morgan fingerprint density at radius 3 is 2.72 bits per heavy atom. The topological polar surface area (TPSA) is 96.9 Å². The first-order valence-corrected chi connectivity index (χ1v) is 5.95. The zero-order valence-electron chi connectivity index (χ0n) is 10.6. The largest absolute Gasteiger partial charge is 0.479 e. The van der Waals surface area contributed by atoms with Gasteiger partial charge in [0.15, 0.2) is 6.10 Å². The Morgan fingerprint density at radius 2 is 2.17 bits per heavy atom. The van der Waals surface area contributed by atoms with E-state index >= 15 is 0 Å². The molecule has 18 heavy (non-hydrogen) atoms. The van der Waals surface area contributed by atoms with E-state index in [1.807, 2.05) is 6.92 Å². The summed E-state index contributed by atoms with van der Waals surface area (Å²) in [4.78, 5) is 22.0. The van der Waals surface area contributed by atoms with Gasteiger partial charge in [-0.25, -0.2) is 9.59 Å². The third-order valence-corrected chi connectivity index (χ3v) is 2.83. The standard InChI is InChI=1S/C11H20N2O5/c1-7(17-2)5-12-11(16)13-6-8-3-4-9(18-8)10(14)15/h7-9H,3-6H2,1-2H3,(H,14,15)(H2,12,13,16). The molecule has 1 rings (SSSR count). The second-order valence-electron chi connectivity index (χ2n) is 4.30. The molecule has 3 N–H and O–H groups in total. The molecule has 0 bridgehead atoms. The molecule has 3 atom stereocenters. The number of ether oxygens (including phenoxy) is 2. The molecule has 0 saturated carbocycles. The van der Waals surface area contributed by atoms with Gasteiger partial charge in [0.25, 0.3) is 0 Å². The van der Waals surface area contributed by atoms with Gasteiger partial charge in [0.1, 0.15) is 0 Å². The van der Waals surface area contributed by atoms with Crippen LogP contribution in [0.5, 0.6) is 0 Å². The van der Waals surface area contributed by atoms with Gasteiger partial charge in [0.2, 0.25) is 0 Å². The first-order chi connectivity index (χ1) is 8.52. The minimum atomic E-state index is -0.948. The van der Waals surface area contributed by atoms with Gasteiger partial charge in [-0.1, -0.05) is 0 Å². The number of methoxy groups -OCH3 is 1. The molecule has 1 aliphatic heterocycles. The number of carbonyl (C=O) groups excluding carboxylic acids is 1. The minimum absolute atomic E-state index is 0.0464. The molecule has 0 spiro atoms. The van der Waals surface area contributed by atoms with Crippen molar-refractivity contribution in [2.75, 3.05) is 20.2 Å². The Bertz CT molecular complexity index is 297. The highest BCUT2D eigenvalue weighted by atomic mass is 16.5. The molecular formula is C11H20N2O5. The van der Waals surface area contributed by atoms with E-state index in [2.05, 4.69) is 10.6 Å². The maximum Gasteiger partial charge on any atom is 0.332 e. The van der Waals surface area contributed by atoms with Crippen LogP contribution in [0.4, 0.5) is 4.79 Å². The van der Waals surface area contributed by atoms with Gasteiger partial charge in [-0.2, -0.15) is 0 Å². The van der Waals surface area contributed by atoms with Gasteiger partial charge >= 0.3 is 12.0 Å². The number of hydrogen-bond donors (Lipinski definition) is 3. The number of amides is 2. The lowest BCUT2D eigenvalue weighted by Gasteiger charge is -2.14. The lowest BCUT2D eigenvalue weighted by atomic mass is 10.2. The summed E-state index contributed by atoms with van der Waals surface area (Å²) in [6.07, 6.45) is 0.121. The van der Waals surface area contributed by atoms with Crippen LogP contribution >= 0.6 is 0 Å². The van der Waals surface area contributed by atoms with Gasteiger partial charge in [-0.05, 0) is 19.8 Å². The zero-order valence-corrected chi connectivity index (χ0v) is 10.6. The van der Waals surface area contributed by atoms with Crippen LogP contribution in [-0.2, 0) is 14.3 Å². The molecule has 3 unspecified atom stereocenters. The monoisotopic (exact) mass is 260 g/mol. The Kier molecular flexibility index (Phi) is 5.87. The number of carboxylic acid groups (broad SMARTS) is 1. The van der Waals surface area contributed by atoms with E-state index in [1.165, 1.54) is 0 Å². The van der Waals surface area contributed by atoms with Gasteiger partial charge < -0.3 is 25.2 Å². The molecule has 1 aliphatic rings. The zero-order chi connectivity index (χ0) is 13.5. The van der Waals surface area contributed by atoms with Crippen LogP contribution in [0.2, 0.25) is 0 Å². The van der Waals surface area contributed by atoms with Crippen molar-refractivity contribution in [3.05, 3.63) is 0 Å². The highest BCUT2D eigenvalue weighted by Gasteiger charge is 2.30. The summed E-state index contributed by atoms with van der Waals surface area (Å²) in [7, 11) is 1.57. The van der Waals surface area contributed by atoms with Crippen molar-refractivity contribution < 1.29 is 24.2 Å². The second kappa shape index (κ2) is 7.17. The number of nitrogens with one attached hydrogen (secondary N) is 2. The van der Waals surface area contributed by atoms with E-state index in [0.717, 1.165) is 0 Å². The van der Waals surface area contributed by atoms with Gasteiger partial charge in [-0.3, -0.25) is 0 Å². The molecule has 0 aliphatic carbocycles. The normalized spacial score (nSPS) is 24.6. The minimum Gasteiger partial charge on any atom is -0.479 e. The van der Waals surface area contributed by atoms with Crippen molar-refractivity contribution >= 4 is 12.0 Å². The molecule has 7 nitrogen and oxygen atoms in total. The maximum absolute atomic E-state index is 11.4. The van der Waals surface area contributed by atoms with Crippen LogP contribution < -0.4 is 10.6 Å². The van der Waals surface area contributed by atoms with Crippen molar-refractivity contribution in [2.24, 2.45) is 0 Å². The van der Waals surface area contributed by atoms with Crippen LogP contribution in [0.1, 0.15) is 19.8 Å². The molecule has 7 heteroatoms. The molecule has 0 aromatic heterocycles. The van der Waals surface area contributed by atoms with Gasteiger partial charge in [-0.15, -0.1) is 0 Å². The summed E-state index contributed by atoms with van der Waals surface area (Å²) < 4.78 is 10.2. The van der Waals surface area contributed by atoms with E-state index in [4.69, 9.17) is 14.6 Å². The van der Waals surface area contributed by atoms with Crippen molar-refractivity contribution in [1.29, 1.82) is 0 Å². The van der Waals surface area contributed by atoms with Crippen LogP contribution in [0, 0.1) is 0 Å². The van der Waals surface area contributed by atoms with Crippen molar-refractivity contribution in [2.45, 2.75) is 38.1 Å². The summed E-state index contributed by atoms with van der Waals surface area (Å²) in [6.45, 7) is 2.58. The Hall–Kier alpha value is -1.34. The number of urea groups is 1. The van der Waals surface area contributed by atoms with E-state index in [1.54, 1.807) is 7.11 Å².